The molecular weight excluding hydrogens is 343 g/mol. The van der Waals surface area contributed by atoms with Crippen LogP contribution in [0.3, 0.4) is 0 Å². The molecule has 0 bridgehead atoms. The fraction of sp³-hybridized carbons (Fsp3) is 0.167. The minimum absolute atomic E-state index is 0.00434. The minimum Gasteiger partial charge on any atom is -0.468 e. The number of hydrogen-bond acceptors (Lipinski definition) is 5. The summed E-state index contributed by atoms with van der Waals surface area (Å²) in [5.74, 6) is -0.856. The monoisotopic (exact) mass is 358 g/mol. The van der Waals surface area contributed by atoms with E-state index in [1.54, 1.807) is 43.3 Å². The Hall–Kier alpha value is -2.67. The standard InChI is InChI=1S/C18H15FN2O3S/c1-11-7-8-12(9-14(11)19)21-17(23)13-5-3-4-6-15(13)20-18(21)25-10-16(22)24-2/h3-9H,10H2,1-2H3. The fourth-order valence-electron chi connectivity index (χ4n) is 2.34. The molecule has 0 N–H and O–H groups in total. The normalized spacial score (nSPS) is 10.8. The predicted octanol–water partition coefficient (Wildman–Crippen LogP) is 3.10. The van der Waals surface area contributed by atoms with Crippen LogP contribution in [0.5, 0.6) is 0 Å². The Morgan fingerprint density at radius 3 is 2.76 bits per heavy atom. The number of ether oxygens (including phenoxy) is 1. The third-order valence-electron chi connectivity index (χ3n) is 3.71. The Kier molecular flexibility index (Phi) is 4.85. The average Bonchev–Trinajstić information content (AvgIpc) is 2.62. The molecule has 0 radical (unpaired) electrons. The highest BCUT2D eigenvalue weighted by molar-refractivity contribution is 7.99. The van der Waals surface area contributed by atoms with Gasteiger partial charge in [-0.25, -0.2) is 9.37 Å². The highest BCUT2D eigenvalue weighted by atomic mass is 32.2. The van der Waals surface area contributed by atoms with E-state index in [1.807, 2.05) is 0 Å². The predicted molar refractivity (Wildman–Crippen MR) is 94.8 cm³/mol. The number of halogens is 1. The van der Waals surface area contributed by atoms with Crippen molar-refractivity contribution in [2.45, 2.75) is 12.1 Å². The van der Waals surface area contributed by atoms with Gasteiger partial charge in [-0.15, -0.1) is 0 Å². The second-order valence-corrected chi connectivity index (χ2v) is 6.29. The lowest BCUT2D eigenvalue weighted by Gasteiger charge is -2.13. The van der Waals surface area contributed by atoms with Crippen LogP contribution in [0.25, 0.3) is 16.6 Å². The van der Waals surface area contributed by atoms with Crippen LogP contribution in [0, 0.1) is 12.7 Å². The Balaban J connectivity index is 2.22. The number of carbonyl (C=O) groups excluding carboxylic acids is 1. The molecule has 128 valence electrons. The van der Waals surface area contributed by atoms with Gasteiger partial charge in [-0.2, -0.15) is 0 Å². The van der Waals surface area contributed by atoms with Crippen LogP contribution in [0.15, 0.2) is 52.4 Å². The SMILES string of the molecule is COC(=O)CSc1nc2ccccc2c(=O)n1-c1ccc(C)c(F)c1. The zero-order chi connectivity index (χ0) is 18.0. The number of aromatic nitrogens is 2. The van der Waals surface area contributed by atoms with Crippen LogP contribution in [0.1, 0.15) is 5.56 Å². The van der Waals surface area contributed by atoms with E-state index in [0.29, 0.717) is 27.3 Å². The van der Waals surface area contributed by atoms with Crippen molar-refractivity contribution in [2.75, 3.05) is 12.9 Å². The maximum Gasteiger partial charge on any atom is 0.316 e. The smallest absolute Gasteiger partial charge is 0.316 e. The van der Waals surface area contributed by atoms with Crippen LogP contribution in [-0.4, -0.2) is 28.4 Å². The quantitative estimate of drug-likeness (QED) is 0.407. The molecule has 0 unspecified atom stereocenters. The lowest BCUT2D eigenvalue weighted by atomic mass is 10.2. The van der Waals surface area contributed by atoms with Crippen molar-refractivity contribution in [1.29, 1.82) is 0 Å². The molecule has 0 spiro atoms. The number of carbonyl (C=O) groups is 1. The first-order valence-corrected chi connectivity index (χ1v) is 8.47. The molecule has 3 aromatic rings. The Bertz CT molecular complexity index is 1020. The minimum atomic E-state index is -0.436. The van der Waals surface area contributed by atoms with Crippen molar-refractivity contribution >= 4 is 28.6 Å². The summed E-state index contributed by atoms with van der Waals surface area (Å²) in [6.07, 6.45) is 0. The number of hydrogen-bond donors (Lipinski definition) is 0. The molecular formula is C18H15FN2O3S. The van der Waals surface area contributed by atoms with Crippen molar-refractivity contribution in [3.63, 3.8) is 0 Å². The molecule has 0 saturated heterocycles. The molecule has 0 fully saturated rings. The first-order valence-electron chi connectivity index (χ1n) is 7.49. The number of nitrogens with zero attached hydrogens (tertiary/aromatic N) is 2. The molecule has 7 heteroatoms. The van der Waals surface area contributed by atoms with Gasteiger partial charge >= 0.3 is 5.97 Å². The molecule has 0 atom stereocenters. The third kappa shape index (κ3) is 3.41. The summed E-state index contributed by atoms with van der Waals surface area (Å²) in [4.78, 5) is 28.9. The van der Waals surface area contributed by atoms with Gasteiger partial charge < -0.3 is 4.74 Å². The molecule has 2 aromatic carbocycles. The van der Waals surface area contributed by atoms with E-state index in [9.17, 15) is 14.0 Å². The number of fused-ring (bicyclic) bond motifs is 1. The zero-order valence-corrected chi connectivity index (χ0v) is 14.5. The van der Waals surface area contributed by atoms with E-state index in [1.165, 1.54) is 17.7 Å². The maximum atomic E-state index is 14.0. The number of benzene rings is 2. The van der Waals surface area contributed by atoms with Crippen LogP contribution in [0.2, 0.25) is 0 Å². The number of methoxy groups -OCH3 is 1. The van der Waals surface area contributed by atoms with Gasteiger partial charge in [0.25, 0.3) is 5.56 Å². The van der Waals surface area contributed by atoms with Crippen molar-refractivity contribution in [3.05, 3.63) is 64.2 Å². The van der Waals surface area contributed by atoms with E-state index in [2.05, 4.69) is 9.72 Å². The van der Waals surface area contributed by atoms with Gasteiger partial charge in [0, 0.05) is 0 Å². The van der Waals surface area contributed by atoms with Gasteiger partial charge in [-0.3, -0.25) is 14.2 Å². The average molecular weight is 358 g/mol. The van der Waals surface area contributed by atoms with Gasteiger partial charge in [0.15, 0.2) is 5.16 Å². The summed E-state index contributed by atoms with van der Waals surface area (Å²) in [7, 11) is 1.29. The first-order chi connectivity index (χ1) is 12.0. The zero-order valence-electron chi connectivity index (χ0n) is 13.7. The molecule has 3 rings (SSSR count). The molecule has 25 heavy (non-hydrogen) atoms. The molecule has 0 amide bonds. The van der Waals surface area contributed by atoms with E-state index in [0.717, 1.165) is 11.8 Å². The summed E-state index contributed by atoms with van der Waals surface area (Å²) >= 11 is 1.07. The Morgan fingerprint density at radius 1 is 1.28 bits per heavy atom. The van der Waals surface area contributed by atoms with Crippen LogP contribution < -0.4 is 5.56 Å². The third-order valence-corrected chi connectivity index (χ3v) is 4.62. The van der Waals surface area contributed by atoms with E-state index < -0.39 is 11.8 Å². The number of thioether (sulfide) groups is 1. The fourth-order valence-corrected chi connectivity index (χ4v) is 3.19. The lowest BCUT2D eigenvalue weighted by molar-refractivity contribution is -0.137. The second kappa shape index (κ2) is 7.06. The molecule has 0 aliphatic rings. The Labute approximate surface area is 147 Å². The highest BCUT2D eigenvalue weighted by Gasteiger charge is 2.15. The first kappa shape index (κ1) is 17.2. The van der Waals surface area contributed by atoms with Crippen molar-refractivity contribution in [1.82, 2.24) is 9.55 Å². The summed E-state index contributed by atoms with van der Waals surface area (Å²) < 4.78 is 19.9. The van der Waals surface area contributed by atoms with E-state index >= 15 is 0 Å². The Morgan fingerprint density at radius 2 is 2.04 bits per heavy atom. The second-order valence-electron chi connectivity index (χ2n) is 5.35. The van der Waals surface area contributed by atoms with Gasteiger partial charge in [-0.05, 0) is 36.8 Å². The summed E-state index contributed by atoms with van der Waals surface area (Å²) in [6, 6.07) is 11.4. The van der Waals surface area contributed by atoms with Crippen molar-refractivity contribution < 1.29 is 13.9 Å². The number of para-hydroxylation sites is 1. The van der Waals surface area contributed by atoms with Crippen molar-refractivity contribution in [2.24, 2.45) is 0 Å². The summed E-state index contributed by atoms with van der Waals surface area (Å²) in [5, 5.41) is 0.725. The van der Waals surface area contributed by atoms with Crippen LogP contribution in [-0.2, 0) is 9.53 Å². The molecule has 0 aliphatic heterocycles. The van der Waals surface area contributed by atoms with E-state index in [-0.39, 0.29) is 11.3 Å². The summed E-state index contributed by atoms with van der Waals surface area (Å²) in [6.45, 7) is 1.65. The molecule has 1 aromatic heterocycles. The summed E-state index contributed by atoms with van der Waals surface area (Å²) in [5.41, 5.74) is 1.04. The number of esters is 1. The molecule has 0 aliphatic carbocycles. The topological polar surface area (TPSA) is 61.2 Å². The largest absolute Gasteiger partial charge is 0.468 e. The van der Waals surface area contributed by atoms with E-state index in [4.69, 9.17) is 0 Å². The highest BCUT2D eigenvalue weighted by Crippen LogP contribution is 2.22. The molecule has 5 nitrogen and oxygen atoms in total. The van der Waals surface area contributed by atoms with Crippen LogP contribution in [0.4, 0.5) is 4.39 Å². The van der Waals surface area contributed by atoms with Gasteiger partial charge in [0.2, 0.25) is 0 Å². The van der Waals surface area contributed by atoms with Crippen molar-refractivity contribution in [3.8, 4) is 5.69 Å². The number of rotatable bonds is 4. The maximum absolute atomic E-state index is 14.0. The number of aryl methyl sites for hydroxylation is 1. The van der Waals surface area contributed by atoms with Gasteiger partial charge in [-0.1, -0.05) is 30.0 Å². The molecule has 1 heterocycles. The van der Waals surface area contributed by atoms with Gasteiger partial charge in [0.05, 0.1) is 29.5 Å². The lowest BCUT2D eigenvalue weighted by Crippen LogP contribution is -2.22. The van der Waals surface area contributed by atoms with Crippen LogP contribution >= 0.6 is 11.8 Å². The van der Waals surface area contributed by atoms with Gasteiger partial charge in [0.1, 0.15) is 5.82 Å². The molecule has 0 saturated carbocycles.